The molecule has 16 heavy (non-hydrogen) atoms. The summed E-state index contributed by atoms with van der Waals surface area (Å²) in [7, 11) is 1.54. The maximum Gasteiger partial charge on any atom is 0.293 e. The fourth-order valence-corrected chi connectivity index (χ4v) is 1.51. The number of carbonyl (C=O) groups is 1. The summed E-state index contributed by atoms with van der Waals surface area (Å²) in [6, 6.07) is 7.10. The zero-order valence-electron chi connectivity index (χ0n) is 8.60. The van der Waals surface area contributed by atoms with E-state index in [4.69, 9.17) is 9.94 Å². The molecule has 0 saturated carbocycles. The van der Waals surface area contributed by atoms with Crippen molar-refractivity contribution in [1.29, 1.82) is 0 Å². The van der Waals surface area contributed by atoms with E-state index in [1.807, 2.05) is 6.07 Å². The SMILES string of the molecule is COc1ccc2ccnc(C(=O)NO)c2c1. The summed E-state index contributed by atoms with van der Waals surface area (Å²) in [5.41, 5.74) is 1.73. The number of pyridine rings is 1. The second kappa shape index (κ2) is 4.16. The maximum atomic E-state index is 11.4. The highest BCUT2D eigenvalue weighted by molar-refractivity contribution is 6.05. The molecule has 0 bridgehead atoms. The summed E-state index contributed by atoms with van der Waals surface area (Å²) >= 11 is 0. The molecule has 0 aliphatic carbocycles. The van der Waals surface area contributed by atoms with Gasteiger partial charge in [0.05, 0.1) is 7.11 Å². The first-order valence-corrected chi connectivity index (χ1v) is 4.63. The van der Waals surface area contributed by atoms with Crippen LogP contribution in [-0.4, -0.2) is 23.2 Å². The van der Waals surface area contributed by atoms with Crippen molar-refractivity contribution in [1.82, 2.24) is 10.5 Å². The number of hydroxylamine groups is 1. The largest absolute Gasteiger partial charge is 0.497 e. The molecule has 1 amide bonds. The van der Waals surface area contributed by atoms with Crippen molar-refractivity contribution in [3.63, 3.8) is 0 Å². The van der Waals surface area contributed by atoms with E-state index in [-0.39, 0.29) is 5.69 Å². The lowest BCUT2D eigenvalue weighted by atomic mass is 10.1. The van der Waals surface area contributed by atoms with E-state index in [0.717, 1.165) is 5.39 Å². The predicted octanol–water partition coefficient (Wildman–Crippen LogP) is 1.36. The van der Waals surface area contributed by atoms with Crippen LogP contribution in [0.4, 0.5) is 0 Å². The summed E-state index contributed by atoms with van der Waals surface area (Å²) < 4.78 is 5.07. The number of rotatable bonds is 2. The first kappa shape index (κ1) is 10.4. The fraction of sp³-hybridized carbons (Fsp3) is 0.0909. The van der Waals surface area contributed by atoms with Gasteiger partial charge >= 0.3 is 0 Å². The number of benzene rings is 1. The lowest BCUT2D eigenvalue weighted by Crippen LogP contribution is -2.20. The van der Waals surface area contributed by atoms with Crippen LogP contribution in [0.5, 0.6) is 5.75 Å². The molecule has 1 heterocycles. The Balaban J connectivity index is 2.68. The van der Waals surface area contributed by atoms with Crippen molar-refractivity contribution in [3.05, 3.63) is 36.2 Å². The molecule has 0 unspecified atom stereocenters. The normalized spacial score (nSPS) is 10.1. The van der Waals surface area contributed by atoms with Gasteiger partial charge in [-0.15, -0.1) is 0 Å². The Morgan fingerprint density at radius 1 is 1.44 bits per heavy atom. The monoisotopic (exact) mass is 218 g/mol. The fourth-order valence-electron chi connectivity index (χ4n) is 1.51. The van der Waals surface area contributed by atoms with Gasteiger partial charge in [-0.25, -0.2) is 5.48 Å². The van der Waals surface area contributed by atoms with Crippen molar-refractivity contribution in [2.24, 2.45) is 0 Å². The number of fused-ring (bicyclic) bond motifs is 1. The molecule has 0 aliphatic rings. The standard InChI is InChI=1S/C11H10N2O3/c1-16-8-3-2-7-4-5-12-10(9(7)6-8)11(14)13-15/h2-6,15H,1H3,(H,13,14). The van der Waals surface area contributed by atoms with E-state index >= 15 is 0 Å². The van der Waals surface area contributed by atoms with Crippen LogP contribution in [0.3, 0.4) is 0 Å². The minimum Gasteiger partial charge on any atom is -0.497 e. The van der Waals surface area contributed by atoms with Crippen molar-refractivity contribution in [2.45, 2.75) is 0 Å². The summed E-state index contributed by atoms with van der Waals surface area (Å²) in [6.07, 6.45) is 1.51. The maximum absolute atomic E-state index is 11.4. The molecule has 2 aromatic rings. The molecule has 0 fully saturated rings. The third-order valence-corrected chi connectivity index (χ3v) is 2.29. The van der Waals surface area contributed by atoms with Gasteiger partial charge in [-0.1, -0.05) is 6.07 Å². The van der Waals surface area contributed by atoms with Gasteiger partial charge in [0.15, 0.2) is 0 Å². The van der Waals surface area contributed by atoms with E-state index in [2.05, 4.69) is 4.98 Å². The molecule has 0 atom stereocenters. The van der Waals surface area contributed by atoms with Crippen molar-refractivity contribution in [3.8, 4) is 5.75 Å². The van der Waals surface area contributed by atoms with E-state index in [1.54, 1.807) is 30.8 Å². The Bertz CT molecular complexity index is 540. The molecule has 82 valence electrons. The van der Waals surface area contributed by atoms with Crippen molar-refractivity contribution >= 4 is 16.7 Å². The third-order valence-electron chi connectivity index (χ3n) is 2.29. The number of carbonyl (C=O) groups excluding carboxylic acids is 1. The van der Waals surface area contributed by atoms with E-state index in [9.17, 15) is 4.79 Å². The third kappa shape index (κ3) is 1.68. The topological polar surface area (TPSA) is 71.5 Å². The van der Waals surface area contributed by atoms with Gasteiger partial charge in [0.1, 0.15) is 11.4 Å². The summed E-state index contributed by atoms with van der Waals surface area (Å²) in [6.45, 7) is 0. The lowest BCUT2D eigenvalue weighted by molar-refractivity contribution is 0.0703. The number of nitrogens with one attached hydrogen (secondary N) is 1. The molecular formula is C11H10N2O3. The predicted molar refractivity (Wildman–Crippen MR) is 57.5 cm³/mol. The highest BCUT2D eigenvalue weighted by atomic mass is 16.5. The van der Waals surface area contributed by atoms with Crippen LogP contribution in [0.15, 0.2) is 30.5 Å². The van der Waals surface area contributed by atoms with Gasteiger partial charge in [-0.05, 0) is 23.6 Å². The van der Waals surface area contributed by atoms with Crippen LogP contribution in [0.1, 0.15) is 10.5 Å². The van der Waals surface area contributed by atoms with Gasteiger partial charge in [-0.3, -0.25) is 15.0 Å². The number of amides is 1. The summed E-state index contributed by atoms with van der Waals surface area (Å²) in [5.74, 6) is -0.00802. The molecule has 0 aliphatic heterocycles. The first-order chi connectivity index (χ1) is 7.76. The van der Waals surface area contributed by atoms with Gasteiger partial charge < -0.3 is 4.74 Å². The van der Waals surface area contributed by atoms with Gasteiger partial charge in [0.2, 0.25) is 0 Å². The Labute approximate surface area is 91.6 Å². The van der Waals surface area contributed by atoms with E-state index in [0.29, 0.717) is 11.1 Å². The van der Waals surface area contributed by atoms with Crippen molar-refractivity contribution < 1.29 is 14.7 Å². The molecule has 5 nitrogen and oxygen atoms in total. The Hall–Kier alpha value is -2.14. The first-order valence-electron chi connectivity index (χ1n) is 4.63. The van der Waals surface area contributed by atoms with Crippen LogP contribution in [-0.2, 0) is 0 Å². The number of nitrogens with zero attached hydrogens (tertiary/aromatic N) is 1. The molecule has 0 radical (unpaired) electrons. The number of ether oxygens (including phenoxy) is 1. The zero-order chi connectivity index (χ0) is 11.5. The van der Waals surface area contributed by atoms with Gasteiger partial charge in [0.25, 0.3) is 5.91 Å². The van der Waals surface area contributed by atoms with Crippen LogP contribution in [0.25, 0.3) is 10.8 Å². The smallest absolute Gasteiger partial charge is 0.293 e. The minimum absolute atomic E-state index is 0.166. The second-order valence-electron chi connectivity index (χ2n) is 3.19. The van der Waals surface area contributed by atoms with E-state index < -0.39 is 5.91 Å². The van der Waals surface area contributed by atoms with Crippen LogP contribution in [0, 0.1) is 0 Å². The Morgan fingerprint density at radius 2 is 2.25 bits per heavy atom. The summed E-state index contributed by atoms with van der Waals surface area (Å²) in [4.78, 5) is 15.3. The van der Waals surface area contributed by atoms with Crippen LogP contribution < -0.4 is 10.2 Å². The van der Waals surface area contributed by atoms with Gasteiger partial charge in [0, 0.05) is 11.6 Å². The average Bonchev–Trinajstić information content (AvgIpc) is 2.36. The number of methoxy groups -OCH3 is 1. The van der Waals surface area contributed by atoms with Gasteiger partial charge in [-0.2, -0.15) is 0 Å². The molecule has 1 aromatic carbocycles. The highest BCUT2D eigenvalue weighted by Crippen LogP contribution is 2.22. The van der Waals surface area contributed by atoms with Crippen LogP contribution >= 0.6 is 0 Å². The molecule has 0 saturated heterocycles. The van der Waals surface area contributed by atoms with Crippen molar-refractivity contribution in [2.75, 3.05) is 7.11 Å². The molecular weight excluding hydrogens is 208 g/mol. The average molecular weight is 218 g/mol. The molecule has 0 spiro atoms. The zero-order valence-corrected chi connectivity index (χ0v) is 8.60. The summed E-state index contributed by atoms with van der Waals surface area (Å²) in [5, 5.41) is 10.1. The Morgan fingerprint density at radius 3 is 2.94 bits per heavy atom. The second-order valence-corrected chi connectivity index (χ2v) is 3.19. The molecule has 1 aromatic heterocycles. The number of hydrogen-bond donors (Lipinski definition) is 2. The highest BCUT2D eigenvalue weighted by Gasteiger charge is 2.11. The number of hydrogen-bond acceptors (Lipinski definition) is 4. The van der Waals surface area contributed by atoms with E-state index in [1.165, 1.54) is 6.20 Å². The minimum atomic E-state index is -0.640. The lowest BCUT2D eigenvalue weighted by Gasteiger charge is -2.05. The number of aromatic nitrogens is 1. The quantitative estimate of drug-likeness (QED) is 0.589. The van der Waals surface area contributed by atoms with Crippen LogP contribution in [0.2, 0.25) is 0 Å². The molecule has 2 rings (SSSR count). The molecule has 5 heteroatoms. The Kier molecular flexibility index (Phi) is 2.70. The molecule has 2 N–H and O–H groups in total.